The Morgan fingerprint density at radius 3 is 2.19 bits per heavy atom. The van der Waals surface area contributed by atoms with Crippen LogP contribution in [0.2, 0.25) is 0 Å². The van der Waals surface area contributed by atoms with E-state index in [1.165, 1.54) is 6.92 Å². The number of carboxylic acid groups (broad SMARTS) is 2. The van der Waals surface area contributed by atoms with Crippen molar-refractivity contribution in [2.24, 2.45) is 0 Å². The van der Waals surface area contributed by atoms with E-state index in [0.29, 0.717) is 6.42 Å². The molecule has 0 heterocycles. The molecular formula is C16H28N2O6S2. The van der Waals surface area contributed by atoms with Crippen molar-refractivity contribution < 1.29 is 29.4 Å². The first kappa shape index (κ1) is 24.6. The van der Waals surface area contributed by atoms with Crippen molar-refractivity contribution in [2.45, 2.75) is 64.5 Å². The number of aliphatic carboxylic acids is 2. The average molecular weight is 409 g/mol. The Hall–Kier alpha value is -1.42. The summed E-state index contributed by atoms with van der Waals surface area (Å²) in [6.07, 6.45) is 3.26. The van der Waals surface area contributed by atoms with E-state index in [4.69, 9.17) is 10.2 Å². The molecule has 8 nitrogen and oxygen atoms in total. The van der Waals surface area contributed by atoms with Crippen LogP contribution < -0.4 is 10.6 Å². The molecule has 0 rings (SSSR count). The minimum absolute atomic E-state index is 0.199. The van der Waals surface area contributed by atoms with Gasteiger partial charge in [-0.2, -0.15) is 0 Å². The number of hydrogen-bond acceptors (Lipinski definition) is 6. The van der Waals surface area contributed by atoms with Crippen molar-refractivity contribution in [3.05, 3.63) is 0 Å². The quantitative estimate of drug-likeness (QED) is 0.238. The van der Waals surface area contributed by atoms with E-state index < -0.39 is 42.3 Å². The topological polar surface area (TPSA) is 133 Å². The lowest BCUT2D eigenvalue weighted by Crippen LogP contribution is -2.51. The first-order chi connectivity index (χ1) is 12.3. The highest BCUT2D eigenvalue weighted by Gasteiger charge is 2.26. The van der Waals surface area contributed by atoms with E-state index in [1.54, 1.807) is 0 Å². The molecule has 2 amide bonds. The van der Waals surface area contributed by atoms with Crippen molar-refractivity contribution in [3.63, 3.8) is 0 Å². The second-order valence-electron chi connectivity index (χ2n) is 5.74. The highest BCUT2D eigenvalue weighted by atomic mass is 33.1. The summed E-state index contributed by atoms with van der Waals surface area (Å²) in [4.78, 5) is 45.5. The molecule has 0 saturated heterocycles. The molecule has 0 aliphatic carbocycles. The summed E-state index contributed by atoms with van der Waals surface area (Å²) < 4.78 is 0. The Morgan fingerprint density at radius 2 is 1.62 bits per heavy atom. The van der Waals surface area contributed by atoms with Crippen LogP contribution in [0.4, 0.5) is 0 Å². The fourth-order valence-electron chi connectivity index (χ4n) is 1.85. The Balaban J connectivity index is 4.20. The molecule has 2 unspecified atom stereocenters. The molecule has 0 bridgehead atoms. The van der Waals surface area contributed by atoms with Gasteiger partial charge in [0.15, 0.2) is 0 Å². The molecule has 2 atom stereocenters. The minimum Gasteiger partial charge on any atom is -0.481 e. The second kappa shape index (κ2) is 14.7. The van der Waals surface area contributed by atoms with Gasteiger partial charge in [-0.3, -0.25) is 19.2 Å². The van der Waals surface area contributed by atoms with Crippen LogP contribution in [0.25, 0.3) is 0 Å². The first-order valence-corrected chi connectivity index (χ1v) is 11.1. The lowest BCUT2D eigenvalue weighted by Gasteiger charge is -2.18. The van der Waals surface area contributed by atoms with Crippen molar-refractivity contribution in [2.75, 3.05) is 11.5 Å². The standard InChI is InChI=1S/C16H28N2O6S2/c1-3-8-25-26-9-6-4-5-7-13(19)18-12(10-14(20)21)15(22)17-11(2)16(23)24/h11-12H,3-10H2,1-2H3,(H,17,22)(H,18,19)(H,20,21)(H,23,24). The maximum absolute atomic E-state index is 12.0. The van der Waals surface area contributed by atoms with Crippen molar-refractivity contribution in [1.29, 1.82) is 0 Å². The zero-order chi connectivity index (χ0) is 19.9. The SMILES string of the molecule is CCCSSCCCCCC(=O)NC(CC(=O)O)C(=O)NC(C)C(=O)O. The molecule has 150 valence electrons. The van der Waals surface area contributed by atoms with Gasteiger partial charge < -0.3 is 20.8 Å². The zero-order valence-corrected chi connectivity index (χ0v) is 16.8. The van der Waals surface area contributed by atoms with Crippen LogP contribution in [-0.2, 0) is 19.2 Å². The van der Waals surface area contributed by atoms with Crippen LogP contribution in [0.5, 0.6) is 0 Å². The largest absolute Gasteiger partial charge is 0.481 e. The van der Waals surface area contributed by atoms with Gasteiger partial charge in [-0.15, -0.1) is 0 Å². The number of amides is 2. The molecule has 0 fully saturated rings. The minimum atomic E-state index is -1.29. The normalized spacial score (nSPS) is 12.8. The molecule has 26 heavy (non-hydrogen) atoms. The number of carboxylic acids is 2. The summed E-state index contributed by atoms with van der Waals surface area (Å²) in [5.74, 6) is -1.59. The molecule has 0 aromatic rings. The number of carbonyl (C=O) groups is 4. The van der Waals surface area contributed by atoms with Gasteiger partial charge in [0, 0.05) is 17.9 Å². The summed E-state index contributed by atoms with van der Waals surface area (Å²) in [5, 5.41) is 22.2. The Bertz CT molecular complexity index is 476. The number of carbonyl (C=O) groups excluding carboxylic acids is 2. The average Bonchev–Trinajstić information content (AvgIpc) is 2.56. The predicted molar refractivity (Wildman–Crippen MR) is 103 cm³/mol. The van der Waals surface area contributed by atoms with Crippen LogP contribution in [0.15, 0.2) is 0 Å². The van der Waals surface area contributed by atoms with Crippen LogP contribution in [0.3, 0.4) is 0 Å². The molecular weight excluding hydrogens is 380 g/mol. The van der Waals surface area contributed by atoms with Crippen LogP contribution in [0.1, 0.15) is 52.4 Å². The fourth-order valence-corrected chi connectivity index (χ4v) is 4.14. The van der Waals surface area contributed by atoms with Crippen molar-refractivity contribution >= 4 is 45.3 Å². The van der Waals surface area contributed by atoms with Gasteiger partial charge in [-0.1, -0.05) is 34.9 Å². The van der Waals surface area contributed by atoms with Gasteiger partial charge in [-0.05, 0) is 26.2 Å². The summed E-state index contributed by atoms with van der Waals surface area (Å²) >= 11 is 0. The summed E-state index contributed by atoms with van der Waals surface area (Å²) in [7, 11) is 3.65. The molecule has 0 saturated carbocycles. The maximum Gasteiger partial charge on any atom is 0.325 e. The summed E-state index contributed by atoms with van der Waals surface area (Å²) in [5.41, 5.74) is 0. The van der Waals surface area contributed by atoms with Gasteiger partial charge in [0.1, 0.15) is 12.1 Å². The fraction of sp³-hybridized carbons (Fsp3) is 0.750. The van der Waals surface area contributed by atoms with Crippen molar-refractivity contribution in [3.8, 4) is 0 Å². The third-order valence-electron chi connectivity index (χ3n) is 3.26. The molecule has 10 heteroatoms. The van der Waals surface area contributed by atoms with E-state index in [1.807, 2.05) is 21.6 Å². The highest BCUT2D eigenvalue weighted by Crippen LogP contribution is 2.23. The molecule has 0 aromatic carbocycles. The summed E-state index contributed by atoms with van der Waals surface area (Å²) in [6.45, 7) is 3.39. The Morgan fingerprint density at radius 1 is 0.962 bits per heavy atom. The molecule has 0 aliphatic heterocycles. The summed E-state index contributed by atoms with van der Waals surface area (Å²) in [6, 6.07) is -2.46. The van der Waals surface area contributed by atoms with E-state index in [-0.39, 0.29) is 6.42 Å². The monoisotopic (exact) mass is 408 g/mol. The smallest absolute Gasteiger partial charge is 0.325 e. The zero-order valence-electron chi connectivity index (χ0n) is 15.2. The number of rotatable bonds is 15. The Labute approximate surface area is 161 Å². The maximum atomic E-state index is 12.0. The number of unbranched alkanes of at least 4 members (excludes halogenated alkanes) is 2. The van der Waals surface area contributed by atoms with Gasteiger partial charge in [-0.25, -0.2) is 0 Å². The Kier molecular flexibility index (Phi) is 13.9. The van der Waals surface area contributed by atoms with E-state index in [2.05, 4.69) is 17.6 Å². The first-order valence-electron chi connectivity index (χ1n) is 8.56. The lowest BCUT2D eigenvalue weighted by atomic mass is 10.1. The molecule has 4 N–H and O–H groups in total. The van der Waals surface area contributed by atoms with Gasteiger partial charge >= 0.3 is 11.9 Å². The molecule has 0 aromatic heterocycles. The van der Waals surface area contributed by atoms with E-state index in [0.717, 1.165) is 30.8 Å². The van der Waals surface area contributed by atoms with Crippen LogP contribution in [-0.4, -0.2) is 57.6 Å². The number of nitrogens with one attached hydrogen (secondary N) is 2. The third-order valence-corrected chi connectivity index (χ3v) is 5.96. The van der Waals surface area contributed by atoms with E-state index >= 15 is 0 Å². The molecule has 0 aliphatic rings. The van der Waals surface area contributed by atoms with Crippen molar-refractivity contribution in [1.82, 2.24) is 10.6 Å². The second-order valence-corrected chi connectivity index (χ2v) is 8.44. The number of hydrogen-bond donors (Lipinski definition) is 4. The molecule has 0 spiro atoms. The predicted octanol–water partition coefficient (Wildman–Crippen LogP) is 1.89. The van der Waals surface area contributed by atoms with Gasteiger partial charge in [0.05, 0.1) is 6.42 Å². The molecule has 0 radical (unpaired) electrons. The van der Waals surface area contributed by atoms with Crippen LogP contribution in [0, 0.1) is 0 Å². The lowest BCUT2D eigenvalue weighted by molar-refractivity contribution is -0.143. The van der Waals surface area contributed by atoms with E-state index in [9.17, 15) is 19.2 Å². The van der Waals surface area contributed by atoms with Gasteiger partial charge in [0.2, 0.25) is 11.8 Å². The highest BCUT2D eigenvalue weighted by molar-refractivity contribution is 8.76. The van der Waals surface area contributed by atoms with Gasteiger partial charge in [0.25, 0.3) is 0 Å². The third kappa shape index (κ3) is 12.9. The van der Waals surface area contributed by atoms with Crippen LogP contribution >= 0.6 is 21.6 Å².